The molecule has 0 saturated carbocycles. The molecule has 0 aliphatic carbocycles. The van der Waals surface area contributed by atoms with E-state index in [1.165, 1.54) is 0 Å². The first-order chi connectivity index (χ1) is 13.7. The number of aromatic nitrogens is 3. The van der Waals surface area contributed by atoms with E-state index in [1.807, 2.05) is 84.9 Å². The minimum Gasteiger partial charge on any atom is -0.396 e. The Morgan fingerprint density at radius 2 is 1.39 bits per heavy atom. The van der Waals surface area contributed by atoms with E-state index in [1.54, 1.807) is 4.68 Å². The lowest BCUT2D eigenvalue weighted by molar-refractivity contribution is 0.848. The number of hydrogen-bond acceptors (Lipinski definition) is 4. The van der Waals surface area contributed by atoms with Gasteiger partial charge in [0.05, 0.1) is 11.2 Å². The number of allylic oxidation sites excluding steroid dienone is 1. The predicted octanol–water partition coefficient (Wildman–Crippen LogP) is 3.79. The number of para-hydroxylation sites is 1. The van der Waals surface area contributed by atoms with Gasteiger partial charge in [0.1, 0.15) is 16.9 Å². The lowest BCUT2D eigenvalue weighted by atomic mass is 10.1. The Kier molecular flexibility index (Phi) is 4.68. The topological polar surface area (TPSA) is 80.6 Å². The van der Waals surface area contributed by atoms with Gasteiger partial charge >= 0.3 is 0 Å². The van der Waals surface area contributed by atoms with Gasteiger partial charge in [0, 0.05) is 11.1 Å². The van der Waals surface area contributed by atoms with Crippen LogP contribution in [0.1, 0.15) is 11.1 Å². The fourth-order valence-corrected chi connectivity index (χ4v) is 2.82. The van der Waals surface area contributed by atoms with E-state index >= 15 is 0 Å². The van der Waals surface area contributed by atoms with Gasteiger partial charge in [0.15, 0.2) is 0 Å². The summed E-state index contributed by atoms with van der Waals surface area (Å²) in [6, 6.07) is 26.6. The fraction of sp³-hybridized carbons (Fsp3) is 0. The standard InChI is InChI=1S/C23H17N5/c24-19(17-9-3-1-4-10-17)15-16-22(23(25)18-11-5-2-6-12-18)28-21-14-8-7-13-20(21)26-27-28/h1-14,24H,25H2. The van der Waals surface area contributed by atoms with E-state index in [-0.39, 0.29) is 5.71 Å². The fourth-order valence-electron chi connectivity index (χ4n) is 2.82. The van der Waals surface area contributed by atoms with Crippen molar-refractivity contribution >= 4 is 28.1 Å². The highest BCUT2D eigenvalue weighted by atomic mass is 15.4. The second-order valence-corrected chi connectivity index (χ2v) is 6.11. The maximum Gasteiger partial charge on any atom is 0.141 e. The van der Waals surface area contributed by atoms with Gasteiger partial charge in [-0.1, -0.05) is 78.0 Å². The number of rotatable bonds is 3. The Bertz CT molecular complexity index is 1230. The molecule has 0 atom stereocenters. The first-order valence-electron chi connectivity index (χ1n) is 8.76. The van der Waals surface area contributed by atoms with Gasteiger partial charge in [-0.25, -0.2) is 4.68 Å². The van der Waals surface area contributed by atoms with Crippen molar-refractivity contribution in [2.75, 3.05) is 0 Å². The molecule has 28 heavy (non-hydrogen) atoms. The van der Waals surface area contributed by atoms with E-state index < -0.39 is 0 Å². The minimum atomic E-state index is 0.211. The Morgan fingerprint density at radius 3 is 2.11 bits per heavy atom. The minimum absolute atomic E-state index is 0.211. The van der Waals surface area contributed by atoms with Crippen molar-refractivity contribution < 1.29 is 0 Å². The third-order valence-corrected chi connectivity index (χ3v) is 4.27. The third kappa shape index (κ3) is 3.39. The zero-order valence-electron chi connectivity index (χ0n) is 15.0. The van der Waals surface area contributed by atoms with Crippen LogP contribution in [-0.2, 0) is 0 Å². The summed E-state index contributed by atoms with van der Waals surface area (Å²) in [4.78, 5) is 0. The maximum atomic E-state index is 8.27. The van der Waals surface area contributed by atoms with Gasteiger partial charge in [0.25, 0.3) is 0 Å². The molecular weight excluding hydrogens is 346 g/mol. The van der Waals surface area contributed by atoms with Gasteiger partial charge in [0.2, 0.25) is 0 Å². The average Bonchev–Trinajstić information content (AvgIpc) is 3.19. The highest BCUT2D eigenvalue weighted by Crippen LogP contribution is 2.20. The van der Waals surface area contributed by atoms with Crippen molar-refractivity contribution in [1.82, 2.24) is 15.0 Å². The summed E-state index contributed by atoms with van der Waals surface area (Å²) in [5, 5.41) is 16.7. The van der Waals surface area contributed by atoms with Crippen LogP contribution in [0.25, 0.3) is 22.4 Å². The molecule has 0 unspecified atom stereocenters. The van der Waals surface area contributed by atoms with Gasteiger partial charge < -0.3 is 5.73 Å². The molecule has 0 radical (unpaired) electrons. The number of benzene rings is 3. The number of nitrogens with two attached hydrogens (primary N) is 1. The number of fused-ring (bicyclic) bond motifs is 1. The summed E-state index contributed by atoms with van der Waals surface area (Å²) in [5.74, 6) is 5.96. The number of nitrogens with zero attached hydrogens (tertiary/aromatic N) is 3. The van der Waals surface area contributed by atoms with Gasteiger partial charge in [-0.2, -0.15) is 0 Å². The Morgan fingerprint density at radius 1 is 0.786 bits per heavy atom. The molecule has 4 rings (SSSR count). The molecule has 0 saturated heterocycles. The van der Waals surface area contributed by atoms with Crippen LogP contribution in [0.3, 0.4) is 0 Å². The monoisotopic (exact) mass is 363 g/mol. The van der Waals surface area contributed by atoms with Crippen molar-refractivity contribution in [1.29, 1.82) is 5.41 Å². The number of hydrogen-bond donors (Lipinski definition) is 2. The van der Waals surface area contributed by atoms with E-state index in [2.05, 4.69) is 22.2 Å². The maximum absolute atomic E-state index is 8.27. The van der Waals surface area contributed by atoms with Crippen LogP contribution in [0.4, 0.5) is 0 Å². The van der Waals surface area contributed by atoms with Gasteiger partial charge in [-0.3, -0.25) is 5.41 Å². The molecular formula is C23H17N5. The summed E-state index contributed by atoms with van der Waals surface area (Å²) in [6.45, 7) is 0. The molecule has 5 nitrogen and oxygen atoms in total. The zero-order valence-corrected chi connectivity index (χ0v) is 15.0. The largest absolute Gasteiger partial charge is 0.396 e. The molecule has 0 fully saturated rings. The molecule has 0 amide bonds. The Labute approximate surface area is 162 Å². The molecule has 3 N–H and O–H groups in total. The van der Waals surface area contributed by atoms with Crippen molar-refractivity contribution in [3.8, 4) is 11.8 Å². The van der Waals surface area contributed by atoms with E-state index in [9.17, 15) is 0 Å². The van der Waals surface area contributed by atoms with E-state index in [0.29, 0.717) is 11.4 Å². The van der Waals surface area contributed by atoms with Gasteiger partial charge in [-0.15, -0.1) is 5.10 Å². The molecule has 0 aliphatic heterocycles. The first-order valence-corrected chi connectivity index (χ1v) is 8.76. The molecule has 4 aromatic rings. The highest BCUT2D eigenvalue weighted by Gasteiger charge is 2.12. The second kappa shape index (κ2) is 7.60. The van der Waals surface area contributed by atoms with Crippen LogP contribution in [0.5, 0.6) is 0 Å². The zero-order chi connectivity index (χ0) is 19.3. The van der Waals surface area contributed by atoms with Crippen molar-refractivity contribution in [3.05, 3.63) is 96.1 Å². The third-order valence-electron chi connectivity index (χ3n) is 4.27. The summed E-state index contributed by atoms with van der Waals surface area (Å²) in [5.41, 5.74) is 10.8. The quantitative estimate of drug-likeness (QED) is 0.429. The lowest BCUT2D eigenvalue weighted by Gasteiger charge is -2.08. The van der Waals surface area contributed by atoms with Crippen LogP contribution in [0, 0.1) is 17.3 Å². The molecule has 3 aromatic carbocycles. The molecule has 0 bridgehead atoms. The van der Waals surface area contributed by atoms with Crippen molar-refractivity contribution in [2.45, 2.75) is 0 Å². The smallest absolute Gasteiger partial charge is 0.141 e. The molecule has 0 spiro atoms. The Balaban J connectivity index is 1.86. The predicted molar refractivity (Wildman–Crippen MR) is 112 cm³/mol. The van der Waals surface area contributed by atoms with Crippen LogP contribution < -0.4 is 5.73 Å². The summed E-state index contributed by atoms with van der Waals surface area (Å²) in [7, 11) is 0. The van der Waals surface area contributed by atoms with E-state index in [4.69, 9.17) is 11.1 Å². The van der Waals surface area contributed by atoms with Crippen LogP contribution in [-0.4, -0.2) is 20.7 Å². The molecule has 1 heterocycles. The highest BCUT2D eigenvalue weighted by molar-refractivity contribution is 6.12. The lowest BCUT2D eigenvalue weighted by Crippen LogP contribution is -2.08. The normalized spacial score (nSPS) is 11.4. The van der Waals surface area contributed by atoms with Crippen LogP contribution in [0.2, 0.25) is 0 Å². The molecule has 134 valence electrons. The van der Waals surface area contributed by atoms with E-state index in [0.717, 1.165) is 22.2 Å². The molecule has 0 aliphatic rings. The van der Waals surface area contributed by atoms with Crippen LogP contribution >= 0.6 is 0 Å². The first kappa shape index (κ1) is 17.3. The SMILES string of the molecule is N=C(C#CC(=C(N)c1ccccc1)n1nnc2ccccc21)c1ccccc1. The summed E-state index contributed by atoms with van der Waals surface area (Å²) < 4.78 is 1.63. The molecule has 1 aromatic heterocycles. The van der Waals surface area contributed by atoms with Crippen molar-refractivity contribution in [3.63, 3.8) is 0 Å². The van der Waals surface area contributed by atoms with Gasteiger partial charge in [-0.05, 0) is 24.0 Å². The number of nitrogens with one attached hydrogen (secondary N) is 1. The summed E-state index contributed by atoms with van der Waals surface area (Å²) >= 11 is 0. The molecule has 5 heteroatoms. The van der Waals surface area contributed by atoms with Crippen LogP contribution in [0.15, 0.2) is 84.9 Å². The summed E-state index contributed by atoms with van der Waals surface area (Å²) in [6.07, 6.45) is 0. The second-order valence-electron chi connectivity index (χ2n) is 6.11. The Hall–Kier alpha value is -4.17. The van der Waals surface area contributed by atoms with Crippen molar-refractivity contribution in [2.24, 2.45) is 5.73 Å². The average molecular weight is 363 g/mol.